The van der Waals surface area contributed by atoms with Gasteiger partial charge in [-0.25, -0.2) is 0 Å². The van der Waals surface area contributed by atoms with E-state index in [9.17, 15) is 0 Å². The first-order valence-corrected chi connectivity index (χ1v) is 6.35. The van der Waals surface area contributed by atoms with E-state index in [1.807, 2.05) is 32.0 Å². The highest BCUT2D eigenvalue weighted by atomic mass is 16.5. The number of ether oxygens (including phenoxy) is 2. The lowest BCUT2D eigenvalue weighted by atomic mass is 9.96. The minimum atomic E-state index is -0.335. The molecule has 0 spiro atoms. The van der Waals surface area contributed by atoms with Gasteiger partial charge in [0, 0.05) is 6.54 Å². The molecule has 0 bridgehead atoms. The topological polar surface area (TPSA) is 54.3 Å². The largest absolute Gasteiger partial charge is 0.497 e. The summed E-state index contributed by atoms with van der Waals surface area (Å²) in [5.74, 6) is 1.69. The summed E-state index contributed by atoms with van der Waals surface area (Å²) in [7, 11) is 3.32. The molecule has 0 unspecified atom stereocenters. The lowest BCUT2D eigenvalue weighted by Gasteiger charge is -2.16. The van der Waals surface area contributed by atoms with Crippen LogP contribution in [-0.4, -0.2) is 27.3 Å². The molecule has 0 saturated carbocycles. The van der Waals surface area contributed by atoms with Crippen LogP contribution in [0.15, 0.2) is 18.2 Å². The second-order valence-electron chi connectivity index (χ2n) is 5.10. The summed E-state index contributed by atoms with van der Waals surface area (Å²) >= 11 is 0. The molecule has 0 saturated heterocycles. The van der Waals surface area contributed by atoms with Crippen molar-refractivity contribution in [2.75, 3.05) is 27.3 Å². The maximum absolute atomic E-state index is 8.93. The van der Waals surface area contributed by atoms with Gasteiger partial charge in [-0.3, -0.25) is 0 Å². The van der Waals surface area contributed by atoms with Crippen molar-refractivity contribution in [2.45, 2.75) is 20.3 Å². The zero-order chi connectivity index (χ0) is 14.3. The summed E-state index contributed by atoms with van der Waals surface area (Å²) in [5, 5.41) is 12.2. The summed E-state index contributed by atoms with van der Waals surface area (Å²) in [6.07, 6.45) is 0.835. The Hall–Kier alpha value is -1.73. The van der Waals surface area contributed by atoms with Crippen molar-refractivity contribution < 1.29 is 9.47 Å². The van der Waals surface area contributed by atoms with E-state index < -0.39 is 0 Å². The van der Waals surface area contributed by atoms with Gasteiger partial charge in [0.2, 0.25) is 0 Å². The van der Waals surface area contributed by atoms with Crippen molar-refractivity contribution in [3.8, 4) is 17.6 Å². The summed E-state index contributed by atoms with van der Waals surface area (Å²) in [5.41, 5.74) is 0.766. The van der Waals surface area contributed by atoms with Crippen LogP contribution < -0.4 is 14.8 Å². The van der Waals surface area contributed by atoms with E-state index in [4.69, 9.17) is 14.7 Å². The number of nitriles is 1. The van der Waals surface area contributed by atoms with E-state index in [1.165, 1.54) is 0 Å². The molecule has 1 N–H and O–H groups in total. The number of hydrogen-bond acceptors (Lipinski definition) is 4. The molecule has 0 aliphatic rings. The first-order valence-electron chi connectivity index (χ1n) is 6.35. The van der Waals surface area contributed by atoms with Crippen LogP contribution in [0.1, 0.15) is 19.4 Å². The van der Waals surface area contributed by atoms with Gasteiger partial charge < -0.3 is 14.8 Å². The van der Waals surface area contributed by atoms with Crippen molar-refractivity contribution >= 4 is 0 Å². The Morgan fingerprint density at radius 2 is 2.00 bits per heavy atom. The van der Waals surface area contributed by atoms with Crippen LogP contribution in [0, 0.1) is 16.7 Å². The molecule has 0 aromatic heterocycles. The first-order chi connectivity index (χ1) is 9.02. The Morgan fingerprint density at radius 1 is 1.26 bits per heavy atom. The van der Waals surface area contributed by atoms with Crippen molar-refractivity contribution in [3.63, 3.8) is 0 Å². The number of nitrogens with zero attached hydrogens (tertiary/aromatic N) is 1. The second kappa shape index (κ2) is 7.01. The van der Waals surface area contributed by atoms with Crippen LogP contribution in [-0.2, 0) is 6.42 Å². The summed E-state index contributed by atoms with van der Waals surface area (Å²) in [4.78, 5) is 0. The fraction of sp³-hybridized carbons (Fsp3) is 0.533. The molecular weight excluding hydrogens is 240 g/mol. The van der Waals surface area contributed by atoms with Crippen LogP contribution in [0.3, 0.4) is 0 Å². The predicted molar refractivity (Wildman–Crippen MR) is 75.5 cm³/mol. The maximum atomic E-state index is 8.93. The Balaban J connectivity index is 2.55. The molecule has 0 aliphatic heterocycles. The van der Waals surface area contributed by atoms with Crippen LogP contribution in [0.25, 0.3) is 0 Å². The molecule has 1 aromatic carbocycles. The van der Waals surface area contributed by atoms with Crippen LogP contribution in [0.5, 0.6) is 11.5 Å². The van der Waals surface area contributed by atoms with Gasteiger partial charge in [0.25, 0.3) is 0 Å². The fourth-order valence-electron chi connectivity index (χ4n) is 1.74. The highest BCUT2D eigenvalue weighted by Gasteiger charge is 2.15. The summed E-state index contributed by atoms with van der Waals surface area (Å²) in [6.45, 7) is 5.32. The van der Waals surface area contributed by atoms with E-state index >= 15 is 0 Å². The maximum Gasteiger partial charge on any atom is 0.122 e. The van der Waals surface area contributed by atoms with Crippen molar-refractivity contribution in [1.82, 2.24) is 5.32 Å². The molecule has 0 heterocycles. The molecule has 1 aromatic rings. The Morgan fingerprint density at radius 3 is 2.58 bits per heavy atom. The minimum absolute atomic E-state index is 0.335. The van der Waals surface area contributed by atoms with Gasteiger partial charge in [-0.15, -0.1) is 0 Å². The third-order valence-electron chi connectivity index (χ3n) is 2.93. The molecule has 19 heavy (non-hydrogen) atoms. The predicted octanol–water partition coefficient (Wildman–Crippen LogP) is 2.39. The lowest BCUT2D eigenvalue weighted by molar-refractivity contribution is 0.397. The summed E-state index contributed by atoms with van der Waals surface area (Å²) in [6, 6.07) is 8.05. The lowest BCUT2D eigenvalue weighted by Crippen LogP contribution is -2.29. The van der Waals surface area contributed by atoms with Gasteiger partial charge in [0.1, 0.15) is 11.5 Å². The fourth-order valence-corrected chi connectivity index (χ4v) is 1.74. The smallest absolute Gasteiger partial charge is 0.122 e. The van der Waals surface area contributed by atoms with Crippen molar-refractivity contribution in [1.29, 1.82) is 5.26 Å². The average molecular weight is 262 g/mol. The quantitative estimate of drug-likeness (QED) is 0.767. The van der Waals surface area contributed by atoms with Crippen molar-refractivity contribution in [2.24, 2.45) is 5.41 Å². The molecule has 1 rings (SSSR count). The second-order valence-corrected chi connectivity index (χ2v) is 5.10. The van der Waals surface area contributed by atoms with Crippen LogP contribution in [0.2, 0.25) is 0 Å². The summed E-state index contributed by atoms with van der Waals surface area (Å²) < 4.78 is 10.5. The van der Waals surface area contributed by atoms with Gasteiger partial charge in [0.05, 0.1) is 25.7 Å². The standard InChI is InChI=1S/C15H22N2O2/c1-15(2,10-16)11-17-8-7-12-9-13(18-3)5-6-14(12)19-4/h5-6,9,17H,7-8,11H2,1-4H3. The Kier molecular flexibility index (Phi) is 5.65. The van der Waals surface area contributed by atoms with Gasteiger partial charge in [-0.2, -0.15) is 5.26 Å². The molecule has 4 heteroatoms. The first kappa shape index (κ1) is 15.3. The minimum Gasteiger partial charge on any atom is -0.497 e. The number of benzene rings is 1. The molecule has 0 radical (unpaired) electrons. The zero-order valence-corrected chi connectivity index (χ0v) is 12.1. The molecule has 104 valence electrons. The van der Waals surface area contributed by atoms with E-state index in [-0.39, 0.29) is 5.41 Å². The Labute approximate surface area is 115 Å². The van der Waals surface area contributed by atoms with Gasteiger partial charge >= 0.3 is 0 Å². The van der Waals surface area contributed by atoms with E-state index in [1.54, 1.807) is 14.2 Å². The van der Waals surface area contributed by atoms with Gasteiger partial charge in [0.15, 0.2) is 0 Å². The number of methoxy groups -OCH3 is 2. The number of nitrogens with one attached hydrogen (secondary N) is 1. The average Bonchev–Trinajstić information content (AvgIpc) is 2.43. The normalized spacial score (nSPS) is 10.9. The van der Waals surface area contributed by atoms with Crippen molar-refractivity contribution in [3.05, 3.63) is 23.8 Å². The highest BCUT2D eigenvalue weighted by molar-refractivity contribution is 5.40. The van der Waals surface area contributed by atoms with Gasteiger partial charge in [-0.1, -0.05) is 0 Å². The molecule has 0 atom stereocenters. The SMILES string of the molecule is COc1ccc(OC)c(CCNCC(C)(C)C#N)c1. The van der Waals surface area contributed by atoms with E-state index in [2.05, 4.69) is 11.4 Å². The zero-order valence-electron chi connectivity index (χ0n) is 12.1. The van der Waals surface area contributed by atoms with Crippen LogP contribution in [0.4, 0.5) is 0 Å². The third-order valence-corrected chi connectivity index (χ3v) is 2.93. The molecule has 0 fully saturated rings. The Bertz CT molecular complexity index is 450. The molecule has 0 amide bonds. The number of rotatable bonds is 7. The number of hydrogen-bond donors (Lipinski definition) is 1. The van der Waals surface area contributed by atoms with Gasteiger partial charge in [-0.05, 0) is 50.6 Å². The molecule has 4 nitrogen and oxygen atoms in total. The monoisotopic (exact) mass is 262 g/mol. The van der Waals surface area contributed by atoms with E-state index in [0.717, 1.165) is 30.0 Å². The van der Waals surface area contributed by atoms with E-state index in [0.29, 0.717) is 6.54 Å². The molecule has 0 aliphatic carbocycles. The third kappa shape index (κ3) is 4.80. The molecular formula is C15H22N2O2. The van der Waals surface area contributed by atoms with Crippen LogP contribution >= 0.6 is 0 Å². The highest BCUT2D eigenvalue weighted by Crippen LogP contribution is 2.24.